The molecule has 0 bridgehead atoms. The van der Waals surface area contributed by atoms with Crippen LogP contribution in [-0.2, 0) is 4.84 Å². The van der Waals surface area contributed by atoms with E-state index in [1.807, 2.05) is 6.26 Å². The van der Waals surface area contributed by atoms with Crippen LogP contribution in [0.3, 0.4) is 0 Å². The molecule has 0 radical (unpaired) electrons. The van der Waals surface area contributed by atoms with Crippen molar-refractivity contribution in [3.8, 4) is 0 Å². The zero-order chi connectivity index (χ0) is 8.97. The van der Waals surface area contributed by atoms with Gasteiger partial charge in [0.2, 0.25) is 0 Å². The van der Waals surface area contributed by atoms with Gasteiger partial charge in [-0.3, -0.25) is 9.63 Å². The number of hydrogen-bond acceptors (Lipinski definition) is 3. The largest absolute Gasteiger partial charge is 0.342 e. The Kier molecular flexibility index (Phi) is 3.27. The predicted molar refractivity (Wildman–Crippen MR) is 48.3 cm³/mol. The van der Waals surface area contributed by atoms with Gasteiger partial charge < -0.3 is 9.97 Å². The average Bonchev–Trinajstić information content (AvgIpc) is 2.05. The highest BCUT2D eigenvalue weighted by Gasteiger charge is 1.87. The standard InChI is InChI=1S/C6H11N3O2S/c1-11-9-12(2)6-7-4-3-5(10)8-6/h3-4,7,9H,1-2H3,(H,8,10). The minimum absolute atomic E-state index is 0.124. The maximum Gasteiger partial charge on any atom is 0.251 e. The van der Waals surface area contributed by atoms with E-state index >= 15 is 0 Å². The van der Waals surface area contributed by atoms with Crippen LogP contribution in [0.1, 0.15) is 0 Å². The molecule has 12 heavy (non-hydrogen) atoms. The Morgan fingerprint density at radius 1 is 1.67 bits per heavy atom. The van der Waals surface area contributed by atoms with Gasteiger partial charge in [0.15, 0.2) is 4.77 Å². The van der Waals surface area contributed by atoms with Crippen LogP contribution >= 0.6 is 10.7 Å². The molecule has 0 aliphatic heterocycles. The molecule has 1 heterocycles. The number of H-pyrrole nitrogens is 2. The second-order valence-electron chi connectivity index (χ2n) is 2.09. The van der Waals surface area contributed by atoms with Crippen LogP contribution < -0.4 is 10.4 Å². The van der Waals surface area contributed by atoms with Crippen LogP contribution in [0.25, 0.3) is 0 Å². The molecule has 1 aromatic rings. The molecule has 0 amide bonds. The van der Waals surface area contributed by atoms with E-state index in [2.05, 4.69) is 14.9 Å². The monoisotopic (exact) mass is 189 g/mol. The van der Waals surface area contributed by atoms with Gasteiger partial charge in [-0.05, 0) is 6.26 Å². The first-order chi connectivity index (χ1) is 5.74. The maximum absolute atomic E-state index is 10.9. The lowest BCUT2D eigenvalue weighted by Crippen LogP contribution is -2.08. The van der Waals surface area contributed by atoms with Crippen molar-refractivity contribution in [2.24, 2.45) is 0 Å². The Morgan fingerprint density at radius 2 is 2.42 bits per heavy atom. The highest BCUT2D eigenvalue weighted by molar-refractivity contribution is 8.06. The fraction of sp³-hybridized carbons (Fsp3) is 0.333. The van der Waals surface area contributed by atoms with E-state index in [0.29, 0.717) is 4.77 Å². The molecule has 0 aromatic carbocycles. The minimum Gasteiger partial charge on any atom is -0.342 e. The van der Waals surface area contributed by atoms with Gasteiger partial charge in [0.05, 0.1) is 7.11 Å². The first-order valence-corrected chi connectivity index (χ1v) is 4.93. The molecule has 5 nitrogen and oxygen atoms in total. The maximum atomic E-state index is 10.9. The number of nitrogens with one attached hydrogen (secondary N) is 3. The molecule has 0 fully saturated rings. The molecule has 1 rings (SSSR count). The lowest BCUT2D eigenvalue weighted by atomic mass is 10.7. The highest BCUT2D eigenvalue weighted by atomic mass is 32.2. The molecule has 0 spiro atoms. The van der Waals surface area contributed by atoms with Gasteiger partial charge in [-0.15, -0.1) is 4.89 Å². The molecule has 3 N–H and O–H groups in total. The Bertz CT molecular complexity index is 367. The molecule has 0 saturated heterocycles. The summed E-state index contributed by atoms with van der Waals surface area (Å²) in [6, 6.07) is 1.42. The van der Waals surface area contributed by atoms with Crippen LogP contribution in [0.4, 0.5) is 0 Å². The zero-order valence-corrected chi connectivity index (χ0v) is 7.70. The normalized spacial score (nSPS) is 14.3. The zero-order valence-electron chi connectivity index (χ0n) is 6.88. The second kappa shape index (κ2) is 4.24. The van der Waals surface area contributed by atoms with E-state index in [9.17, 15) is 4.79 Å². The average molecular weight is 189 g/mol. The van der Waals surface area contributed by atoms with Crippen molar-refractivity contribution in [1.29, 1.82) is 0 Å². The Labute approximate surface area is 71.8 Å². The Hall–Kier alpha value is -0.850. The quantitative estimate of drug-likeness (QED) is 0.460. The van der Waals surface area contributed by atoms with Gasteiger partial charge in [0.1, 0.15) is 0 Å². The van der Waals surface area contributed by atoms with Gasteiger partial charge in [-0.2, -0.15) is 0 Å². The summed E-state index contributed by atoms with van der Waals surface area (Å²) in [5, 5.41) is 0. The van der Waals surface area contributed by atoms with Crippen LogP contribution in [0, 0.1) is 4.77 Å². The minimum atomic E-state index is -0.327. The van der Waals surface area contributed by atoms with Crippen molar-refractivity contribution >= 4 is 10.7 Å². The van der Waals surface area contributed by atoms with Crippen LogP contribution in [-0.4, -0.2) is 23.3 Å². The molecular weight excluding hydrogens is 178 g/mol. The summed E-state index contributed by atoms with van der Waals surface area (Å²) < 4.78 is 0.712. The third kappa shape index (κ3) is 2.33. The van der Waals surface area contributed by atoms with Gasteiger partial charge in [-0.25, -0.2) is 0 Å². The van der Waals surface area contributed by atoms with Crippen molar-refractivity contribution < 1.29 is 4.84 Å². The van der Waals surface area contributed by atoms with Crippen LogP contribution in [0.15, 0.2) is 17.1 Å². The van der Waals surface area contributed by atoms with Gasteiger partial charge in [0.25, 0.3) is 5.56 Å². The molecular formula is C6H11N3O2S. The van der Waals surface area contributed by atoms with E-state index < -0.39 is 0 Å². The van der Waals surface area contributed by atoms with Gasteiger partial charge in [-0.1, -0.05) is 10.7 Å². The highest BCUT2D eigenvalue weighted by Crippen LogP contribution is 2.00. The fourth-order valence-corrected chi connectivity index (χ4v) is 1.55. The summed E-state index contributed by atoms with van der Waals surface area (Å²) in [6.07, 6.45) is 3.49. The van der Waals surface area contributed by atoms with E-state index in [0.717, 1.165) is 0 Å². The summed E-state index contributed by atoms with van der Waals surface area (Å²) >= 11 is 0. The van der Waals surface area contributed by atoms with Crippen molar-refractivity contribution in [1.82, 2.24) is 14.9 Å². The molecule has 6 heteroatoms. The van der Waals surface area contributed by atoms with E-state index in [1.165, 1.54) is 13.2 Å². The number of aromatic nitrogens is 2. The van der Waals surface area contributed by atoms with Crippen molar-refractivity contribution in [3.05, 3.63) is 27.4 Å². The summed E-state index contributed by atoms with van der Waals surface area (Å²) in [5.41, 5.74) is -0.124. The molecule has 0 saturated carbocycles. The molecule has 1 unspecified atom stereocenters. The topological polar surface area (TPSA) is 69.9 Å². The molecule has 1 atom stereocenters. The van der Waals surface area contributed by atoms with Gasteiger partial charge >= 0.3 is 0 Å². The number of hydrogen-bond donors (Lipinski definition) is 3. The summed E-state index contributed by atoms with van der Waals surface area (Å²) in [5.74, 6) is 0. The van der Waals surface area contributed by atoms with Crippen molar-refractivity contribution in [2.75, 3.05) is 13.4 Å². The Morgan fingerprint density at radius 3 is 3.00 bits per heavy atom. The van der Waals surface area contributed by atoms with E-state index in [4.69, 9.17) is 4.84 Å². The molecule has 0 aliphatic rings. The molecule has 0 aliphatic carbocycles. The first-order valence-electron chi connectivity index (χ1n) is 3.29. The lowest BCUT2D eigenvalue weighted by Gasteiger charge is -2.00. The number of aromatic amines is 2. The second-order valence-corrected chi connectivity index (χ2v) is 3.69. The summed E-state index contributed by atoms with van der Waals surface area (Å²) in [7, 11) is 1.21. The number of rotatable bonds is 2. The third-order valence-electron chi connectivity index (χ3n) is 1.20. The fourth-order valence-electron chi connectivity index (χ4n) is 0.714. The summed E-state index contributed by atoms with van der Waals surface area (Å²) in [6.45, 7) is 0. The Balaban J connectivity index is 3.16. The molecule has 1 aromatic heterocycles. The predicted octanol–water partition coefficient (Wildman–Crippen LogP) is 0.200. The first kappa shape index (κ1) is 9.24. The lowest BCUT2D eigenvalue weighted by molar-refractivity contribution is 0.163. The van der Waals surface area contributed by atoms with Crippen molar-refractivity contribution in [3.63, 3.8) is 0 Å². The SMILES string of the molecule is CONS(C)=c1[nH]ccc(=O)[nH]1. The van der Waals surface area contributed by atoms with Crippen molar-refractivity contribution in [2.45, 2.75) is 0 Å². The van der Waals surface area contributed by atoms with Gasteiger partial charge in [0, 0.05) is 12.3 Å². The third-order valence-corrected chi connectivity index (χ3v) is 2.45. The molecule has 68 valence electrons. The van der Waals surface area contributed by atoms with E-state index in [1.54, 1.807) is 6.20 Å². The van der Waals surface area contributed by atoms with E-state index in [-0.39, 0.29) is 16.2 Å². The van der Waals surface area contributed by atoms with Crippen LogP contribution in [0.5, 0.6) is 0 Å². The summed E-state index contributed by atoms with van der Waals surface area (Å²) in [4.78, 5) is 23.9. The smallest absolute Gasteiger partial charge is 0.251 e. The van der Waals surface area contributed by atoms with Crippen LogP contribution in [0.2, 0.25) is 0 Å².